The summed E-state index contributed by atoms with van der Waals surface area (Å²) in [7, 11) is 2.00. The summed E-state index contributed by atoms with van der Waals surface area (Å²) in [5.74, 6) is 2.85. The molecule has 3 nitrogen and oxygen atoms in total. The Morgan fingerprint density at radius 3 is 2.81 bits per heavy atom. The van der Waals surface area contributed by atoms with Crippen molar-refractivity contribution < 1.29 is 0 Å². The highest BCUT2D eigenvalue weighted by atomic mass is 15.3. The first-order valence-corrected chi connectivity index (χ1v) is 6.54. The van der Waals surface area contributed by atoms with Crippen molar-refractivity contribution in [3.8, 4) is 0 Å². The molecule has 1 aromatic heterocycles. The van der Waals surface area contributed by atoms with Gasteiger partial charge in [-0.1, -0.05) is 13.3 Å². The van der Waals surface area contributed by atoms with Gasteiger partial charge in [0.2, 0.25) is 0 Å². The molecule has 1 N–H and O–H groups in total. The van der Waals surface area contributed by atoms with E-state index in [1.54, 1.807) is 0 Å². The lowest BCUT2D eigenvalue weighted by atomic mass is 10.0. The predicted octanol–water partition coefficient (Wildman–Crippen LogP) is 2.12. The summed E-state index contributed by atoms with van der Waals surface area (Å²) >= 11 is 0. The molecule has 0 radical (unpaired) electrons. The smallest absolute Gasteiger partial charge is 0.0796 e. The van der Waals surface area contributed by atoms with Gasteiger partial charge >= 0.3 is 0 Å². The molecule has 88 valence electrons. The van der Waals surface area contributed by atoms with E-state index < -0.39 is 0 Å². The van der Waals surface area contributed by atoms with E-state index in [0.29, 0.717) is 6.04 Å². The minimum absolute atomic E-state index is 0.501. The Morgan fingerprint density at radius 2 is 2.25 bits per heavy atom. The van der Waals surface area contributed by atoms with Crippen LogP contribution in [0.4, 0.5) is 0 Å². The van der Waals surface area contributed by atoms with Gasteiger partial charge in [0.05, 0.1) is 11.7 Å². The normalized spacial score (nSPS) is 33.8. The van der Waals surface area contributed by atoms with Crippen LogP contribution >= 0.6 is 0 Å². The highest BCUT2D eigenvalue weighted by Crippen LogP contribution is 2.61. The molecule has 0 aromatic carbocycles. The maximum atomic E-state index is 4.57. The van der Waals surface area contributed by atoms with Crippen LogP contribution in [0.5, 0.6) is 0 Å². The molecule has 1 aromatic rings. The number of aromatic nitrogens is 2. The Kier molecular flexibility index (Phi) is 2.51. The molecule has 2 aliphatic carbocycles. The van der Waals surface area contributed by atoms with Gasteiger partial charge in [0.25, 0.3) is 0 Å². The van der Waals surface area contributed by atoms with Gasteiger partial charge in [-0.25, -0.2) is 0 Å². The van der Waals surface area contributed by atoms with Crippen LogP contribution in [0.3, 0.4) is 0 Å². The van der Waals surface area contributed by atoms with E-state index in [4.69, 9.17) is 0 Å². The second-order valence-corrected chi connectivity index (χ2v) is 5.29. The first kappa shape index (κ1) is 10.3. The molecule has 0 saturated heterocycles. The van der Waals surface area contributed by atoms with Crippen LogP contribution in [0.2, 0.25) is 0 Å². The lowest BCUT2D eigenvalue weighted by molar-refractivity contribution is 0.414. The second kappa shape index (κ2) is 3.88. The first-order valence-electron chi connectivity index (χ1n) is 6.54. The summed E-state index contributed by atoms with van der Waals surface area (Å²) in [5, 5.41) is 8.20. The number of hydrogen-bond donors (Lipinski definition) is 1. The molecule has 0 amide bonds. The van der Waals surface area contributed by atoms with Crippen molar-refractivity contribution >= 4 is 0 Å². The molecular formula is C13H21N3. The van der Waals surface area contributed by atoms with Crippen molar-refractivity contribution in [2.45, 2.75) is 32.2 Å². The summed E-state index contributed by atoms with van der Waals surface area (Å²) in [6.07, 6.45) is 6.40. The monoisotopic (exact) mass is 219 g/mol. The van der Waals surface area contributed by atoms with Gasteiger partial charge in [0.15, 0.2) is 0 Å². The zero-order chi connectivity index (χ0) is 11.1. The van der Waals surface area contributed by atoms with Crippen molar-refractivity contribution in [3.63, 3.8) is 0 Å². The third-order valence-electron chi connectivity index (χ3n) is 4.33. The van der Waals surface area contributed by atoms with Crippen LogP contribution in [0, 0.1) is 17.8 Å². The first-order chi connectivity index (χ1) is 7.81. The molecule has 3 heteroatoms. The van der Waals surface area contributed by atoms with Gasteiger partial charge in [0, 0.05) is 13.2 Å². The number of rotatable bonds is 4. The van der Waals surface area contributed by atoms with E-state index in [2.05, 4.69) is 29.6 Å². The van der Waals surface area contributed by atoms with E-state index >= 15 is 0 Å². The highest BCUT2D eigenvalue weighted by molar-refractivity contribution is 5.16. The van der Waals surface area contributed by atoms with Crippen LogP contribution in [0.25, 0.3) is 0 Å². The molecule has 2 aliphatic rings. The standard InChI is InChI=1S/C13H21N3/c1-3-14-13(11-7-8-16(2)15-11)12-9-5-4-6-10(9)12/h7-10,12-14H,3-6H2,1-2H3. The Hall–Kier alpha value is -0.830. The van der Waals surface area contributed by atoms with Crippen molar-refractivity contribution in [2.75, 3.05) is 6.54 Å². The van der Waals surface area contributed by atoms with Gasteiger partial charge in [-0.05, 0) is 43.2 Å². The maximum Gasteiger partial charge on any atom is 0.0796 e. The van der Waals surface area contributed by atoms with Gasteiger partial charge in [0.1, 0.15) is 0 Å². The SMILES string of the molecule is CCNC(c1ccn(C)n1)C1C2CCCC21. The number of hydrogen-bond acceptors (Lipinski definition) is 2. The Bertz CT molecular complexity index is 361. The topological polar surface area (TPSA) is 29.9 Å². The molecule has 0 bridgehead atoms. The molecule has 0 aliphatic heterocycles. The lowest BCUT2D eigenvalue weighted by Gasteiger charge is -2.17. The predicted molar refractivity (Wildman–Crippen MR) is 63.9 cm³/mol. The molecule has 3 atom stereocenters. The number of nitrogens with one attached hydrogen (secondary N) is 1. The van der Waals surface area contributed by atoms with Crippen LogP contribution in [-0.2, 0) is 7.05 Å². The third kappa shape index (κ3) is 1.58. The highest BCUT2D eigenvalue weighted by Gasteiger charge is 2.56. The molecule has 0 spiro atoms. The van der Waals surface area contributed by atoms with Crippen LogP contribution < -0.4 is 5.32 Å². The summed E-state index contributed by atoms with van der Waals surface area (Å²) < 4.78 is 1.91. The molecule has 2 saturated carbocycles. The number of fused-ring (bicyclic) bond motifs is 1. The van der Waals surface area contributed by atoms with E-state index in [1.807, 2.05) is 11.7 Å². The Morgan fingerprint density at radius 1 is 1.50 bits per heavy atom. The Balaban J connectivity index is 1.77. The second-order valence-electron chi connectivity index (χ2n) is 5.29. The average molecular weight is 219 g/mol. The van der Waals surface area contributed by atoms with Gasteiger partial charge in [-0.3, -0.25) is 4.68 Å². The summed E-state index contributed by atoms with van der Waals surface area (Å²) in [4.78, 5) is 0. The third-order valence-corrected chi connectivity index (χ3v) is 4.33. The summed E-state index contributed by atoms with van der Waals surface area (Å²) in [6.45, 7) is 3.23. The van der Waals surface area contributed by atoms with E-state index in [1.165, 1.54) is 25.0 Å². The van der Waals surface area contributed by atoms with Crippen molar-refractivity contribution in [1.82, 2.24) is 15.1 Å². The summed E-state index contributed by atoms with van der Waals surface area (Å²) in [5.41, 5.74) is 1.24. The van der Waals surface area contributed by atoms with Crippen molar-refractivity contribution in [3.05, 3.63) is 18.0 Å². The number of nitrogens with zero attached hydrogens (tertiary/aromatic N) is 2. The van der Waals surface area contributed by atoms with Gasteiger partial charge < -0.3 is 5.32 Å². The van der Waals surface area contributed by atoms with Crippen LogP contribution in [0.15, 0.2) is 12.3 Å². The Labute approximate surface area is 97.2 Å². The van der Waals surface area contributed by atoms with E-state index in [0.717, 1.165) is 24.3 Å². The molecule has 2 fully saturated rings. The molecular weight excluding hydrogens is 198 g/mol. The molecule has 16 heavy (non-hydrogen) atoms. The minimum Gasteiger partial charge on any atom is -0.309 e. The fourth-order valence-electron chi connectivity index (χ4n) is 3.63. The zero-order valence-electron chi connectivity index (χ0n) is 10.2. The van der Waals surface area contributed by atoms with Crippen LogP contribution in [-0.4, -0.2) is 16.3 Å². The zero-order valence-corrected chi connectivity index (χ0v) is 10.2. The van der Waals surface area contributed by atoms with Crippen molar-refractivity contribution in [2.24, 2.45) is 24.8 Å². The lowest BCUT2D eigenvalue weighted by Crippen LogP contribution is -2.25. The molecule has 3 rings (SSSR count). The summed E-state index contributed by atoms with van der Waals surface area (Å²) in [6, 6.07) is 2.67. The molecule has 1 heterocycles. The van der Waals surface area contributed by atoms with Crippen LogP contribution in [0.1, 0.15) is 37.9 Å². The molecule has 3 unspecified atom stereocenters. The number of aryl methyl sites for hydroxylation is 1. The van der Waals surface area contributed by atoms with E-state index in [-0.39, 0.29) is 0 Å². The van der Waals surface area contributed by atoms with Gasteiger partial charge in [-0.15, -0.1) is 0 Å². The minimum atomic E-state index is 0.501. The average Bonchev–Trinajstić information content (AvgIpc) is 2.70. The quantitative estimate of drug-likeness (QED) is 0.840. The van der Waals surface area contributed by atoms with Gasteiger partial charge in [-0.2, -0.15) is 5.10 Å². The van der Waals surface area contributed by atoms with Crippen molar-refractivity contribution in [1.29, 1.82) is 0 Å². The fourth-order valence-corrected chi connectivity index (χ4v) is 3.63. The van der Waals surface area contributed by atoms with E-state index in [9.17, 15) is 0 Å². The fraction of sp³-hybridized carbons (Fsp3) is 0.769. The maximum absolute atomic E-state index is 4.57. The largest absolute Gasteiger partial charge is 0.309 e.